The van der Waals surface area contributed by atoms with Crippen LogP contribution in [-0.4, -0.2) is 32.8 Å². The second-order valence-corrected chi connectivity index (χ2v) is 6.18. The lowest BCUT2D eigenvalue weighted by atomic mass is 9.96. The van der Waals surface area contributed by atoms with Crippen LogP contribution in [0.4, 0.5) is 0 Å². The average Bonchev–Trinajstić information content (AvgIpc) is 3.15. The van der Waals surface area contributed by atoms with E-state index in [9.17, 15) is 4.79 Å². The number of aromatic nitrogens is 3. The van der Waals surface area contributed by atoms with Gasteiger partial charge in [-0.1, -0.05) is 0 Å². The molecule has 0 saturated heterocycles. The molecule has 126 valence electrons. The van der Waals surface area contributed by atoms with Crippen LogP contribution in [0.1, 0.15) is 36.0 Å². The van der Waals surface area contributed by atoms with Crippen LogP contribution in [0.2, 0.25) is 0 Å². The standard InChI is InChI=1S/C15H21N5O2.ClH/c1-9-12(13(21)19-15(2,8-16)11-4-5-11)18-14(22-9)10-6-17-20(3)7-10;/h6-7,11H,4-5,8,16H2,1-3H3,(H,19,21);1H. The summed E-state index contributed by atoms with van der Waals surface area (Å²) in [6.07, 6.45) is 5.65. The molecule has 1 aliphatic rings. The molecule has 1 atom stereocenters. The van der Waals surface area contributed by atoms with Crippen molar-refractivity contribution in [3.8, 4) is 11.5 Å². The highest BCUT2D eigenvalue weighted by molar-refractivity contribution is 5.94. The molecule has 1 aliphatic carbocycles. The maximum absolute atomic E-state index is 12.5. The molecule has 3 N–H and O–H groups in total. The zero-order chi connectivity index (χ0) is 15.9. The van der Waals surface area contributed by atoms with Gasteiger partial charge in [-0.25, -0.2) is 4.98 Å². The van der Waals surface area contributed by atoms with Crippen LogP contribution >= 0.6 is 12.4 Å². The highest BCUT2D eigenvalue weighted by Crippen LogP contribution is 2.39. The van der Waals surface area contributed by atoms with Gasteiger partial charge in [0.1, 0.15) is 5.76 Å². The van der Waals surface area contributed by atoms with Gasteiger partial charge in [0.2, 0.25) is 5.89 Å². The summed E-state index contributed by atoms with van der Waals surface area (Å²) in [5.41, 5.74) is 6.51. The van der Waals surface area contributed by atoms with Crippen molar-refractivity contribution in [2.45, 2.75) is 32.2 Å². The van der Waals surface area contributed by atoms with Crippen LogP contribution in [0.3, 0.4) is 0 Å². The summed E-state index contributed by atoms with van der Waals surface area (Å²) in [5, 5.41) is 7.11. The summed E-state index contributed by atoms with van der Waals surface area (Å²) in [4.78, 5) is 16.8. The Morgan fingerprint density at radius 2 is 2.26 bits per heavy atom. The Labute approximate surface area is 141 Å². The maximum atomic E-state index is 12.5. The monoisotopic (exact) mass is 339 g/mol. The number of rotatable bonds is 5. The van der Waals surface area contributed by atoms with Crippen LogP contribution in [0.15, 0.2) is 16.8 Å². The zero-order valence-electron chi connectivity index (χ0n) is 13.5. The van der Waals surface area contributed by atoms with Crippen molar-refractivity contribution in [2.75, 3.05) is 6.54 Å². The number of nitrogens with two attached hydrogens (primary N) is 1. The van der Waals surface area contributed by atoms with Crippen molar-refractivity contribution in [1.29, 1.82) is 0 Å². The van der Waals surface area contributed by atoms with E-state index >= 15 is 0 Å². The molecule has 1 saturated carbocycles. The van der Waals surface area contributed by atoms with Gasteiger partial charge in [-0.2, -0.15) is 5.10 Å². The van der Waals surface area contributed by atoms with E-state index in [1.54, 1.807) is 24.0 Å². The number of amides is 1. The first-order chi connectivity index (χ1) is 10.4. The topological polar surface area (TPSA) is 99.0 Å². The molecular weight excluding hydrogens is 318 g/mol. The number of oxazole rings is 1. The zero-order valence-corrected chi connectivity index (χ0v) is 14.3. The normalized spacial score (nSPS) is 16.5. The average molecular weight is 340 g/mol. The Bertz CT molecular complexity index is 707. The minimum Gasteiger partial charge on any atom is -0.440 e. The van der Waals surface area contributed by atoms with E-state index in [1.165, 1.54) is 0 Å². The first-order valence-electron chi connectivity index (χ1n) is 7.42. The molecule has 7 nitrogen and oxygen atoms in total. The van der Waals surface area contributed by atoms with E-state index < -0.39 is 0 Å². The number of nitrogens with one attached hydrogen (secondary N) is 1. The summed E-state index contributed by atoms with van der Waals surface area (Å²) in [7, 11) is 1.81. The van der Waals surface area contributed by atoms with Crippen molar-refractivity contribution in [2.24, 2.45) is 18.7 Å². The number of carbonyl (C=O) groups excluding carboxylic acids is 1. The van der Waals surface area contributed by atoms with E-state index in [2.05, 4.69) is 15.4 Å². The number of halogens is 1. The van der Waals surface area contributed by atoms with Crippen molar-refractivity contribution < 1.29 is 9.21 Å². The van der Waals surface area contributed by atoms with Gasteiger partial charge < -0.3 is 15.5 Å². The molecular formula is C15H22ClN5O2. The maximum Gasteiger partial charge on any atom is 0.274 e. The first-order valence-corrected chi connectivity index (χ1v) is 7.42. The number of aryl methyl sites for hydroxylation is 2. The van der Waals surface area contributed by atoms with Crippen LogP contribution in [0.5, 0.6) is 0 Å². The van der Waals surface area contributed by atoms with Crippen LogP contribution in [-0.2, 0) is 7.05 Å². The summed E-state index contributed by atoms with van der Waals surface area (Å²) in [5.74, 6) is 1.10. The summed E-state index contributed by atoms with van der Waals surface area (Å²) < 4.78 is 7.26. The smallest absolute Gasteiger partial charge is 0.274 e. The molecule has 0 aliphatic heterocycles. The van der Waals surface area contributed by atoms with Crippen molar-refractivity contribution in [3.63, 3.8) is 0 Å². The van der Waals surface area contributed by atoms with Crippen LogP contribution in [0.25, 0.3) is 11.5 Å². The van der Waals surface area contributed by atoms with Gasteiger partial charge in [0, 0.05) is 19.8 Å². The van der Waals surface area contributed by atoms with E-state index in [0.29, 0.717) is 29.8 Å². The third-order valence-electron chi connectivity index (χ3n) is 4.27. The minimum absolute atomic E-state index is 0. The highest BCUT2D eigenvalue weighted by atomic mass is 35.5. The SMILES string of the molecule is Cc1oc(-c2cnn(C)c2)nc1C(=O)NC(C)(CN)C1CC1.Cl. The molecule has 0 spiro atoms. The van der Waals surface area contributed by atoms with Crippen LogP contribution in [0, 0.1) is 12.8 Å². The fourth-order valence-electron chi connectivity index (χ4n) is 2.62. The molecule has 0 aromatic carbocycles. The van der Waals surface area contributed by atoms with Gasteiger partial charge in [-0.05, 0) is 32.6 Å². The van der Waals surface area contributed by atoms with Gasteiger partial charge in [-0.15, -0.1) is 12.4 Å². The Morgan fingerprint density at radius 3 is 2.78 bits per heavy atom. The Balaban J connectivity index is 0.00000192. The van der Waals surface area contributed by atoms with Gasteiger partial charge in [0.15, 0.2) is 5.69 Å². The summed E-state index contributed by atoms with van der Waals surface area (Å²) >= 11 is 0. The molecule has 2 aromatic heterocycles. The van der Waals surface area contributed by atoms with Crippen molar-refractivity contribution >= 4 is 18.3 Å². The fraction of sp³-hybridized carbons (Fsp3) is 0.533. The number of carbonyl (C=O) groups is 1. The molecule has 2 aromatic rings. The van der Waals surface area contributed by atoms with Gasteiger partial charge >= 0.3 is 0 Å². The summed E-state index contributed by atoms with van der Waals surface area (Å²) in [6.45, 7) is 4.13. The molecule has 23 heavy (non-hydrogen) atoms. The molecule has 0 radical (unpaired) electrons. The van der Waals surface area contributed by atoms with Crippen molar-refractivity contribution in [1.82, 2.24) is 20.1 Å². The largest absolute Gasteiger partial charge is 0.440 e. The lowest BCUT2D eigenvalue weighted by molar-refractivity contribution is 0.0891. The predicted molar refractivity (Wildman–Crippen MR) is 88.3 cm³/mol. The molecule has 1 fully saturated rings. The predicted octanol–water partition coefficient (Wildman–Crippen LogP) is 1.66. The lowest BCUT2D eigenvalue weighted by Crippen LogP contribution is -2.53. The molecule has 3 rings (SSSR count). The molecule has 1 amide bonds. The van der Waals surface area contributed by atoms with Gasteiger partial charge in [-0.3, -0.25) is 9.48 Å². The molecule has 0 bridgehead atoms. The fourth-order valence-corrected chi connectivity index (χ4v) is 2.62. The van der Waals surface area contributed by atoms with Gasteiger partial charge in [0.05, 0.1) is 17.3 Å². The van der Waals surface area contributed by atoms with E-state index in [-0.39, 0.29) is 23.9 Å². The second-order valence-electron chi connectivity index (χ2n) is 6.18. The van der Waals surface area contributed by atoms with E-state index in [0.717, 1.165) is 18.4 Å². The quantitative estimate of drug-likeness (QED) is 0.863. The minimum atomic E-state index is -0.378. The first kappa shape index (κ1) is 17.5. The number of nitrogens with zero attached hydrogens (tertiary/aromatic N) is 3. The molecule has 1 unspecified atom stereocenters. The number of hydrogen-bond donors (Lipinski definition) is 2. The van der Waals surface area contributed by atoms with E-state index in [1.807, 2.05) is 14.0 Å². The van der Waals surface area contributed by atoms with Crippen LogP contribution < -0.4 is 11.1 Å². The van der Waals surface area contributed by atoms with E-state index in [4.69, 9.17) is 10.2 Å². The third-order valence-corrected chi connectivity index (χ3v) is 4.27. The lowest BCUT2D eigenvalue weighted by Gasteiger charge is -2.29. The Kier molecular flexibility index (Phi) is 4.81. The Morgan fingerprint density at radius 1 is 1.57 bits per heavy atom. The van der Waals surface area contributed by atoms with Crippen molar-refractivity contribution in [3.05, 3.63) is 23.8 Å². The van der Waals surface area contributed by atoms with Gasteiger partial charge in [0.25, 0.3) is 5.91 Å². The Hall–Kier alpha value is -1.86. The molecule has 2 heterocycles. The third kappa shape index (κ3) is 3.40. The number of hydrogen-bond acceptors (Lipinski definition) is 5. The summed E-state index contributed by atoms with van der Waals surface area (Å²) in [6, 6.07) is 0. The second kappa shape index (κ2) is 6.33. The molecule has 8 heteroatoms. The highest BCUT2D eigenvalue weighted by Gasteiger charge is 2.42.